The van der Waals surface area contributed by atoms with Gasteiger partial charge in [0.25, 0.3) is 6.33 Å². The van der Waals surface area contributed by atoms with E-state index in [1.807, 2.05) is 0 Å². The lowest BCUT2D eigenvalue weighted by atomic mass is 10.6. The van der Waals surface area contributed by atoms with Crippen molar-refractivity contribution < 1.29 is 9.47 Å². The monoisotopic (exact) mass is 160 g/mol. The molecule has 10 heavy (non-hydrogen) atoms. The second-order valence-electron chi connectivity index (χ2n) is 1.59. The first-order valence-corrected chi connectivity index (χ1v) is 2.90. The summed E-state index contributed by atoms with van der Waals surface area (Å²) in [6.07, 6.45) is 2.25. The molecule has 0 N–H and O–H groups in total. The van der Waals surface area contributed by atoms with Gasteiger partial charge in [0.2, 0.25) is 0 Å². The quantitative estimate of drug-likeness (QED) is 0.441. The number of nitrogens with zero attached hydrogens (tertiary/aromatic N) is 2. The molecule has 0 spiro atoms. The predicted molar refractivity (Wildman–Crippen MR) is 34.8 cm³/mol. The van der Waals surface area contributed by atoms with E-state index in [0.717, 1.165) is 6.33 Å². The van der Waals surface area contributed by atoms with E-state index in [1.165, 1.54) is 13.3 Å². The normalized spacial score (nSPS) is 9.40. The molecular weight excluding hydrogens is 156 g/mol. The highest BCUT2D eigenvalue weighted by Crippen LogP contribution is 2.16. The van der Waals surface area contributed by atoms with Gasteiger partial charge < -0.3 is 9.94 Å². The van der Waals surface area contributed by atoms with Crippen LogP contribution >= 0.6 is 11.6 Å². The van der Waals surface area contributed by atoms with Gasteiger partial charge in [-0.2, -0.15) is 0 Å². The smallest absolute Gasteiger partial charge is 0.350 e. The van der Waals surface area contributed by atoms with E-state index in [0.29, 0.717) is 4.73 Å². The summed E-state index contributed by atoms with van der Waals surface area (Å²) in [5.74, 6) is 0.258. The van der Waals surface area contributed by atoms with Gasteiger partial charge in [0.05, 0.1) is 7.11 Å². The number of hydrogen-bond donors (Lipinski definition) is 0. The van der Waals surface area contributed by atoms with Crippen LogP contribution in [0.4, 0.5) is 0 Å². The molecule has 0 amide bonds. The summed E-state index contributed by atoms with van der Waals surface area (Å²) < 4.78 is 5.21. The van der Waals surface area contributed by atoms with Crippen molar-refractivity contribution in [1.82, 2.24) is 4.98 Å². The van der Waals surface area contributed by atoms with Crippen molar-refractivity contribution in [1.29, 1.82) is 0 Å². The fraction of sp³-hybridized carbons (Fsp3) is 0.200. The highest BCUT2D eigenvalue weighted by Gasteiger charge is 2.06. The van der Waals surface area contributed by atoms with Crippen LogP contribution in [0.25, 0.3) is 0 Å². The van der Waals surface area contributed by atoms with Gasteiger partial charge in [0.1, 0.15) is 6.20 Å². The van der Waals surface area contributed by atoms with Crippen molar-refractivity contribution in [2.45, 2.75) is 0 Å². The molecule has 1 aromatic heterocycles. The summed E-state index contributed by atoms with van der Waals surface area (Å²) in [6.45, 7) is 0. The molecule has 0 radical (unpaired) electrons. The second kappa shape index (κ2) is 2.70. The molecule has 54 valence electrons. The number of ether oxygens (including phenoxy) is 1. The zero-order chi connectivity index (χ0) is 7.56. The fourth-order valence-corrected chi connectivity index (χ4v) is 0.744. The van der Waals surface area contributed by atoms with E-state index in [1.54, 1.807) is 0 Å². The molecule has 0 unspecified atom stereocenters. The Hall–Kier alpha value is -1.03. The van der Waals surface area contributed by atoms with Gasteiger partial charge >= 0.3 is 5.88 Å². The number of methoxy groups -OCH3 is 1. The summed E-state index contributed by atoms with van der Waals surface area (Å²) in [5.41, 5.74) is 0. The lowest BCUT2D eigenvalue weighted by molar-refractivity contribution is -0.608. The van der Waals surface area contributed by atoms with Gasteiger partial charge in [-0.05, 0) is 4.98 Å². The van der Waals surface area contributed by atoms with Gasteiger partial charge in [-0.15, -0.1) is 0 Å². The van der Waals surface area contributed by atoms with Gasteiger partial charge in [0.15, 0.2) is 5.02 Å². The van der Waals surface area contributed by atoms with E-state index in [9.17, 15) is 5.21 Å². The average Bonchev–Trinajstić information content (AvgIpc) is 1.88. The zero-order valence-electron chi connectivity index (χ0n) is 5.24. The first-order chi connectivity index (χ1) is 4.74. The molecular formula is C5H5ClN2O2. The Balaban J connectivity index is 3.07. The molecule has 0 aliphatic carbocycles. The molecule has 0 aromatic carbocycles. The number of aromatic nitrogens is 2. The second-order valence-corrected chi connectivity index (χ2v) is 2.00. The number of rotatable bonds is 1. The standard InChI is InChI=1S/C5H5ClN2O2/c1-10-5-4(6)2-8(9)3-7-5/h2-3H,1H3. The predicted octanol–water partition coefficient (Wildman–Crippen LogP) is 0.377. The summed E-state index contributed by atoms with van der Waals surface area (Å²) >= 11 is 5.52. The largest absolute Gasteiger partial charge is 0.711 e. The van der Waals surface area contributed by atoms with Crippen molar-refractivity contribution in [3.63, 3.8) is 0 Å². The first-order valence-electron chi connectivity index (χ1n) is 2.52. The summed E-state index contributed by atoms with van der Waals surface area (Å²) in [5, 5.41) is 10.7. The van der Waals surface area contributed by atoms with Gasteiger partial charge in [-0.3, -0.25) is 0 Å². The maximum Gasteiger partial charge on any atom is 0.350 e. The third-order valence-corrected chi connectivity index (χ3v) is 1.19. The highest BCUT2D eigenvalue weighted by molar-refractivity contribution is 6.31. The Morgan fingerprint density at radius 1 is 1.80 bits per heavy atom. The van der Waals surface area contributed by atoms with E-state index >= 15 is 0 Å². The van der Waals surface area contributed by atoms with Crippen LogP contribution in [0.5, 0.6) is 5.88 Å². The molecule has 0 saturated heterocycles. The van der Waals surface area contributed by atoms with Gasteiger partial charge in [0, 0.05) is 0 Å². The number of halogens is 1. The van der Waals surface area contributed by atoms with E-state index in [-0.39, 0.29) is 10.9 Å². The van der Waals surface area contributed by atoms with Crippen LogP contribution < -0.4 is 9.47 Å². The van der Waals surface area contributed by atoms with Crippen LogP contribution in [0.15, 0.2) is 12.5 Å². The van der Waals surface area contributed by atoms with Crippen molar-refractivity contribution in [2.75, 3.05) is 7.11 Å². The maximum absolute atomic E-state index is 10.5. The number of hydrogen-bond acceptors (Lipinski definition) is 3. The summed E-state index contributed by atoms with van der Waals surface area (Å²) in [6, 6.07) is 0. The Morgan fingerprint density at radius 2 is 2.50 bits per heavy atom. The molecule has 0 aliphatic rings. The van der Waals surface area contributed by atoms with Crippen LogP contribution in [-0.2, 0) is 0 Å². The lowest BCUT2D eigenvalue weighted by Gasteiger charge is -1.99. The van der Waals surface area contributed by atoms with Crippen LogP contribution in [0.2, 0.25) is 5.02 Å². The zero-order valence-corrected chi connectivity index (χ0v) is 6.00. The van der Waals surface area contributed by atoms with Crippen molar-refractivity contribution >= 4 is 11.6 Å². The molecule has 1 rings (SSSR count). The molecule has 0 aliphatic heterocycles. The Morgan fingerprint density at radius 3 is 3.00 bits per heavy atom. The van der Waals surface area contributed by atoms with E-state index in [4.69, 9.17) is 16.3 Å². The van der Waals surface area contributed by atoms with E-state index in [2.05, 4.69) is 4.98 Å². The van der Waals surface area contributed by atoms with Gasteiger partial charge in [-0.25, -0.2) is 4.73 Å². The molecule has 1 aromatic rings. The molecule has 5 heteroatoms. The average molecular weight is 161 g/mol. The van der Waals surface area contributed by atoms with Gasteiger partial charge in [-0.1, -0.05) is 11.6 Å². The fourth-order valence-electron chi connectivity index (χ4n) is 0.521. The van der Waals surface area contributed by atoms with Crippen molar-refractivity contribution in [2.24, 2.45) is 0 Å². The SMILES string of the molecule is COc1nc[n+]([O-])cc1Cl. The molecule has 0 atom stereocenters. The molecule has 1 heterocycles. The Kier molecular flexibility index (Phi) is 1.91. The molecule has 0 bridgehead atoms. The third-order valence-electron chi connectivity index (χ3n) is 0.927. The lowest BCUT2D eigenvalue weighted by Crippen LogP contribution is -2.25. The minimum absolute atomic E-state index is 0.208. The van der Waals surface area contributed by atoms with Crippen molar-refractivity contribution in [3.8, 4) is 5.88 Å². The van der Waals surface area contributed by atoms with Crippen molar-refractivity contribution in [3.05, 3.63) is 22.8 Å². The minimum Gasteiger partial charge on any atom is -0.711 e. The Labute approximate surface area is 62.6 Å². The topological polar surface area (TPSA) is 49.1 Å². The first kappa shape index (κ1) is 7.08. The van der Waals surface area contributed by atoms with Crippen LogP contribution in [0, 0.1) is 5.21 Å². The van der Waals surface area contributed by atoms with E-state index < -0.39 is 0 Å². The summed E-state index contributed by atoms with van der Waals surface area (Å²) in [4.78, 5) is 3.59. The molecule has 4 nitrogen and oxygen atoms in total. The van der Waals surface area contributed by atoms with Crippen LogP contribution in [0.1, 0.15) is 0 Å². The van der Waals surface area contributed by atoms with Crippen LogP contribution in [-0.4, -0.2) is 12.1 Å². The summed E-state index contributed by atoms with van der Waals surface area (Å²) in [7, 11) is 1.43. The third kappa shape index (κ3) is 1.27. The minimum atomic E-state index is 0.208. The Bertz CT molecular complexity index is 241. The van der Waals surface area contributed by atoms with Crippen LogP contribution in [0.3, 0.4) is 0 Å². The highest BCUT2D eigenvalue weighted by atomic mass is 35.5. The molecule has 0 saturated carbocycles. The molecule has 0 fully saturated rings. The maximum atomic E-state index is 10.5.